The number of rotatable bonds is 6. The van der Waals surface area contributed by atoms with Gasteiger partial charge in [-0.05, 0) is 24.8 Å². The molecule has 148 valence electrons. The number of non-ortho nitro benzene ring substituents is 1. The molecule has 1 aromatic heterocycles. The van der Waals surface area contributed by atoms with Gasteiger partial charge in [0, 0.05) is 55.4 Å². The van der Waals surface area contributed by atoms with Gasteiger partial charge in [0.15, 0.2) is 5.69 Å². The first-order valence-electron chi connectivity index (χ1n) is 9.33. The van der Waals surface area contributed by atoms with Crippen LogP contribution in [0.1, 0.15) is 47.5 Å². The maximum Gasteiger partial charge on any atom is 0.273 e. The Balaban J connectivity index is 1.38. The standard InChI is InChI=1S/C19H21FN4O4/c1-11-8-23(9-13-6-14(24(26)27)4-5-15(13)20)10-17(11)21-19(25)16-7-18(28-22-16)12-2-3-12/h4-7,11-12,17H,2-3,8-10H2,1H3,(H,21,25)/t11-,17-/m0/s1. The third kappa shape index (κ3) is 3.89. The van der Waals surface area contributed by atoms with Gasteiger partial charge in [0.1, 0.15) is 11.6 Å². The Morgan fingerprint density at radius 2 is 2.18 bits per heavy atom. The van der Waals surface area contributed by atoms with Gasteiger partial charge in [-0.1, -0.05) is 12.1 Å². The van der Waals surface area contributed by atoms with E-state index in [0.29, 0.717) is 19.0 Å². The Morgan fingerprint density at radius 1 is 1.39 bits per heavy atom. The van der Waals surface area contributed by atoms with Crippen LogP contribution in [0.4, 0.5) is 10.1 Å². The highest BCUT2D eigenvalue weighted by Crippen LogP contribution is 2.40. The number of hydrogen-bond acceptors (Lipinski definition) is 6. The van der Waals surface area contributed by atoms with E-state index in [-0.39, 0.29) is 41.4 Å². The van der Waals surface area contributed by atoms with E-state index in [1.165, 1.54) is 6.07 Å². The maximum atomic E-state index is 14.0. The quantitative estimate of drug-likeness (QED) is 0.603. The maximum absolute atomic E-state index is 14.0. The molecule has 0 bridgehead atoms. The molecule has 1 N–H and O–H groups in total. The second kappa shape index (κ2) is 7.31. The molecule has 28 heavy (non-hydrogen) atoms. The molecule has 1 saturated heterocycles. The smallest absolute Gasteiger partial charge is 0.273 e. The Kier molecular flexibility index (Phi) is 4.84. The fourth-order valence-corrected chi connectivity index (χ4v) is 3.62. The van der Waals surface area contributed by atoms with Crippen molar-refractivity contribution < 1.29 is 18.6 Å². The fraction of sp³-hybridized carbons (Fsp3) is 0.474. The second-order valence-electron chi connectivity index (χ2n) is 7.67. The molecule has 2 aliphatic rings. The molecular formula is C19H21FN4O4. The topological polar surface area (TPSA) is 102 Å². The minimum absolute atomic E-state index is 0.115. The molecule has 2 aromatic rings. The molecule has 9 heteroatoms. The normalized spacial score (nSPS) is 22.4. The zero-order valence-corrected chi connectivity index (χ0v) is 15.4. The molecule has 1 amide bonds. The van der Waals surface area contributed by atoms with Gasteiger partial charge < -0.3 is 9.84 Å². The monoisotopic (exact) mass is 388 g/mol. The van der Waals surface area contributed by atoms with E-state index in [1.54, 1.807) is 6.07 Å². The van der Waals surface area contributed by atoms with Gasteiger partial charge in [-0.15, -0.1) is 0 Å². The van der Waals surface area contributed by atoms with Crippen LogP contribution < -0.4 is 5.32 Å². The van der Waals surface area contributed by atoms with Crippen molar-refractivity contribution in [2.24, 2.45) is 5.92 Å². The van der Waals surface area contributed by atoms with Crippen molar-refractivity contribution in [3.05, 3.63) is 57.2 Å². The van der Waals surface area contributed by atoms with E-state index in [2.05, 4.69) is 10.5 Å². The second-order valence-corrected chi connectivity index (χ2v) is 7.67. The summed E-state index contributed by atoms with van der Waals surface area (Å²) in [6.45, 7) is 3.44. The van der Waals surface area contributed by atoms with Crippen molar-refractivity contribution in [1.29, 1.82) is 0 Å². The zero-order valence-electron chi connectivity index (χ0n) is 15.4. The Morgan fingerprint density at radius 3 is 2.89 bits per heavy atom. The summed E-state index contributed by atoms with van der Waals surface area (Å²) >= 11 is 0. The number of nitro benzene ring substituents is 1. The van der Waals surface area contributed by atoms with Crippen molar-refractivity contribution in [3.63, 3.8) is 0 Å². The van der Waals surface area contributed by atoms with Crippen LogP contribution >= 0.6 is 0 Å². The molecule has 2 fully saturated rings. The highest BCUT2D eigenvalue weighted by Gasteiger charge is 2.33. The van der Waals surface area contributed by atoms with Gasteiger partial charge >= 0.3 is 0 Å². The van der Waals surface area contributed by atoms with Gasteiger partial charge in [0.2, 0.25) is 0 Å². The van der Waals surface area contributed by atoms with Gasteiger partial charge in [0.05, 0.1) is 4.92 Å². The predicted octanol–water partition coefficient (Wildman–Crippen LogP) is 2.85. The Hall–Kier alpha value is -2.81. The average Bonchev–Trinajstić information content (AvgIpc) is 3.28. The van der Waals surface area contributed by atoms with E-state index in [1.807, 2.05) is 11.8 Å². The average molecular weight is 388 g/mol. The molecule has 0 radical (unpaired) electrons. The molecule has 4 rings (SSSR count). The Labute approximate surface area is 160 Å². The molecule has 0 unspecified atom stereocenters. The molecule has 1 aliphatic carbocycles. The van der Waals surface area contributed by atoms with Crippen molar-refractivity contribution in [3.8, 4) is 0 Å². The van der Waals surface area contributed by atoms with Crippen molar-refractivity contribution in [1.82, 2.24) is 15.4 Å². The van der Waals surface area contributed by atoms with Crippen LogP contribution in [0.2, 0.25) is 0 Å². The lowest BCUT2D eigenvalue weighted by Crippen LogP contribution is -2.40. The number of amides is 1. The molecular weight excluding hydrogens is 367 g/mol. The number of nitro groups is 1. The summed E-state index contributed by atoms with van der Waals surface area (Å²) < 4.78 is 19.3. The van der Waals surface area contributed by atoms with Gasteiger partial charge in [-0.2, -0.15) is 0 Å². The number of nitrogens with one attached hydrogen (secondary N) is 1. The molecule has 8 nitrogen and oxygen atoms in total. The summed E-state index contributed by atoms with van der Waals surface area (Å²) in [6.07, 6.45) is 2.14. The molecule has 0 spiro atoms. The van der Waals surface area contributed by atoms with E-state index in [0.717, 1.165) is 30.7 Å². The summed E-state index contributed by atoms with van der Waals surface area (Å²) in [7, 11) is 0. The minimum atomic E-state index is -0.535. The van der Waals surface area contributed by atoms with Crippen molar-refractivity contribution >= 4 is 11.6 Å². The number of benzene rings is 1. The van der Waals surface area contributed by atoms with Crippen LogP contribution in [0.5, 0.6) is 0 Å². The molecule has 1 aliphatic heterocycles. The summed E-state index contributed by atoms with van der Waals surface area (Å²) in [5, 5.41) is 17.7. The van der Waals surface area contributed by atoms with Crippen molar-refractivity contribution in [2.75, 3.05) is 13.1 Å². The van der Waals surface area contributed by atoms with Crippen LogP contribution in [0.3, 0.4) is 0 Å². The lowest BCUT2D eigenvalue weighted by atomic mass is 10.1. The van der Waals surface area contributed by atoms with Crippen LogP contribution in [-0.4, -0.2) is 40.0 Å². The summed E-state index contributed by atoms with van der Waals surface area (Å²) in [5.74, 6) is 0.546. The lowest BCUT2D eigenvalue weighted by Gasteiger charge is -2.17. The minimum Gasteiger partial charge on any atom is -0.360 e. The molecule has 2 atom stereocenters. The largest absolute Gasteiger partial charge is 0.360 e. The number of halogens is 1. The van der Waals surface area contributed by atoms with E-state index in [4.69, 9.17) is 4.52 Å². The van der Waals surface area contributed by atoms with Crippen LogP contribution in [0.25, 0.3) is 0 Å². The van der Waals surface area contributed by atoms with Gasteiger partial charge in [0.25, 0.3) is 11.6 Å². The SMILES string of the molecule is C[C@H]1CN(Cc2cc([N+](=O)[O-])ccc2F)C[C@@H]1NC(=O)c1cc(C2CC2)on1. The van der Waals surface area contributed by atoms with E-state index in [9.17, 15) is 19.3 Å². The van der Waals surface area contributed by atoms with E-state index >= 15 is 0 Å². The van der Waals surface area contributed by atoms with Gasteiger partial charge in [-0.25, -0.2) is 4.39 Å². The van der Waals surface area contributed by atoms with Gasteiger partial charge in [-0.3, -0.25) is 19.8 Å². The third-order valence-electron chi connectivity index (χ3n) is 5.38. The third-order valence-corrected chi connectivity index (χ3v) is 5.38. The zero-order chi connectivity index (χ0) is 19.8. The highest BCUT2D eigenvalue weighted by molar-refractivity contribution is 5.92. The summed E-state index contributed by atoms with van der Waals surface area (Å²) in [6, 6.07) is 5.12. The highest BCUT2D eigenvalue weighted by atomic mass is 19.1. The first-order chi connectivity index (χ1) is 13.4. The van der Waals surface area contributed by atoms with Crippen molar-refractivity contribution in [2.45, 2.75) is 38.3 Å². The van der Waals surface area contributed by atoms with Crippen LogP contribution in [-0.2, 0) is 6.54 Å². The first kappa shape index (κ1) is 18.5. The van der Waals surface area contributed by atoms with Crippen LogP contribution in [0, 0.1) is 21.8 Å². The number of carbonyl (C=O) groups excluding carboxylic acids is 1. The number of aromatic nitrogens is 1. The number of carbonyl (C=O) groups is 1. The van der Waals surface area contributed by atoms with E-state index < -0.39 is 10.7 Å². The number of hydrogen-bond donors (Lipinski definition) is 1. The fourth-order valence-electron chi connectivity index (χ4n) is 3.62. The summed E-state index contributed by atoms with van der Waals surface area (Å²) in [4.78, 5) is 24.8. The Bertz CT molecular complexity index is 911. The lowest BCUT2D eigenvalue weighted by molar-refractivity contribution is -0.385. The number of nitrogens with zero attached hydrogens (tertiary/aromatic N) is 3. The van der Waals surface area contributed by atoms with Crippen LogP contribution in [0.15, 0.2) is 28.8 Å². The molecule has 1 aromatic carbocycles. The predicted molar refractivity (Wildman–Crippen MR) is 97.2 cm³/mol. The summed E-state index contributed by atoms with van der Waals surface area (Å²) in [5.41, 5.74) is 0.419. The molecule has 2 heterocycles. The first-order valence-corrected chi connectivity index (χ1v) is 9.33. The number of likely N-dealkylation sites (tertiary alicyclic amines) is 1. The molecule has 1 saturated carbocycles.